The Morgan fingerprint density at radius 3 is 1.46 bits per heavy atom. The van der Waals surface area contributed by atoms with Crippen LogP contribution in [-0.4, -0.2) is 9.13 Å². The van der Waals surface area contributed by atoms with Crippen molar-refractivity contribution < 1.29 is 0 Å². The van der Waals surface area contributed by atoms with Crippen LogP contribution < -0.4 is 0 Å². The molecule has 2 heterocycles. The van der Waals surface area contributed by atoms with Gasteiger partial charge in [0.1, 0.15) is 0 Å². The second-order valence-corrected chi connectivity index (χ2v) is 12.6. The molecule has 0 amide bonds. The van der Waals surface area contributed by atoms with Crippen LogP contribution in [-0.2, 0) is 0 Å². The molecule has 2 nitrogen and oxygen atoms in total. The highest BCUT2D eigenvalue weighted by Gasteiger charge is 2.19. The maximum absolute atomic E-state index is 2.46. The molecule has 224 valence electrons. The van der Waals surface area contributed by atoms with Crippen molar-refractivity contribution in [1.82, 2.24) is 9.13 Å². The molecule has 8 aromatic carbocycles. The molecule has 0 aliphatic carbocycles. The summed E-state index contributed by atoms with van der Waals surface area (Å²) in [7, 11) is 0. The van der Waals surface area contributed by atoms with E-state index in [2.05, 4.69) is 191 Å². The molecule has 10 rings (SSSR count). The summed E-state index contributed by atoms with van der Waals surface area (Å²) in [5.74, 6) is 0. The molecule has 0 radical (unpaired) electrons. The molecule has 0 aliphatic heterocycles. The van der Waals surface area contributed by atoms with Crippen molar-refractivity contribution in [1.29, 1.82) is 0 Å². The van der Waals surface area contributed by atoms with Crippen LogP contribution in [0.25, 0.3) is 88.0 Å². The zero-order valence-electron chi connectivity index (χ0n) is 26.2. The number of para-hydroxylation sites is 3. The fourth-order valence-electron chi connectivity index (χ4n) is 7.77. The molecule has 0 saturated heterocycles. The molecule has 0 spiro atoms. The maximum atomic E-state index is 2.46. The van der Waals surface area contributed by atoms with Gasteiger partial charge in [0.05, 0.1) is 27.8 Å². The molecule has 0 fully saturated rings. The highest BCUT2D eigenvalue weighted by molar-refractivity contribution is 6.13. The Bertz CT molecular complexity index is 2820. The Morgan fingerprint density at radius 1 is 0.292 bits per heavy atom. The molecule has 48 heavy (non-hydrogen) atoms. The van der Waals surface area contributed by atoms with E-state index < -0.39 is 0 Å². The minimum Gasteiger partial charge on any atom is -0.309 e. The minimum absolute atomic E-state index is 1.18. The van der Waals surface area contributed by atoms with E-state index in [-0.39, 0.29) is 0 Å². The summed E-state index contributed by atoms with van der Waals surface area (Å²) in [5.41, 5.74) is 12.1. The Morgan fingerprint density at radius 2 is 0.792 bits per heavy atom. The lowest BCUT2D eigenvalue weighted by Crippen LogP contribution is -1.98. The van der Waals surface area contributed by atoms with Crippen molar-refractivity contribution >= 4 is 54.4 Å². The maximum Gasteiger partial charge on any atom is 0.0547 e. The normalized spacial score (nSPS) is 11.8. The quantitative estimate of drug-likeness (QED) is 0.188. The molecule has 10 aromatic rings. The van der Waals surface area contributed by atoms with Crippen molar-refractivity contribution in [3.05, 3.63) is 182 Å². The van der Waals surface area contributed by atoms with Gasteiger partial charge in [-0.25, -0.2) is 0 Å². The third-order valence-electron chi connectivity index (χ3n) is 9.90. The second kappa shape index (κ2) is 10.6. The highest BCUT2D eigenvalue weighted by atomic mass is 15.0. The van der Waals surface area contributed by atoms with Crippen LogP contribution in [0.3, 0.4) is 0 Å². The number of hydrogen-bond donors (Lipinski definition) is 0. The molecule has 0 unspecified atom stereocenters. The number of hydrogen-bond acceptors (Lipinski definition) is 0. The average molecular weight is 611 g/mol. The number of benzene rings is 8. The molecule has 2 heteroatoms. The van der Waals surface area contributed by atoms with Gasteiger partial charge >= 0.3 is 0 Å². The first-order valence-electron chi connectivity index (χ1n) is 16.5. The summed E-state index contributed by atoms with van der Waals surface area (Å²) in [6, 6.07) is 66.2. The summed E-state index contributed by atoms with van der Waals surface area (Å²) in [5, 5.41) is 7.53. The van der Waals surface area contributed by atoms with Gasteiger partial charge in [-0.1, -0.05) is 127 Å². The van der Waals surface area contributed by atoms with Gasteiger partial charge in [-0.2, -0.15) is 0 Å². The molecule has 0 saturated carbocycles. The van der Waals surface area contributed by atoms with E-state index in [1.165, 1.54) is 88.0 Å². The predicted octanol–water partition coefficient (Wildman–Crippen LogP) is 12.4. The zero-order valence-corrected chi connectivity index (χ0v) is 26.2. The number of rotatable bonds is 4. The van der Waals surface area contributed by atoms with Gasteiger partial charge in [-0.15, -0.1) is 0 Å². The number of nitrogens with zero attached hydrogens (tertiary/aromatic N) is 2. The van der Waals surface area contributed by atoms with Crippen molar-refractivity contribution in [2.24, 2.45) is 0 Å². The van der Waals surface area contributed by atoms with Crippen molar-refractivity contribution in [2.45, 2.75) is 0 Å². The first-order valence-corrected chi connectivity index (χ1v) is 16.5. The van der Waals surface area contributed by atoms with Crippen LogP contribution in [0, 0.1) is 0 Å². The van der Waals surface area contributed by atoms with Gasteiger partial charge in [0.15, 0.2) is 0 Å². The summed E-state index contributed by atoms with van der Waals surface area (Å²) in [6.45, 7) is 0. The Kier molecular flexibility index (Phi) is 5.91. The lowest BCUT2D eigenvalue weighted by Gasteiger charge is -2.17. The van der Waals surface area contributed by atoms with Crippen LogP contribution >= 0.6 is 0 Å². The first kappa shape index (κ1) is 26.8. The van der Waals surface area contributed by atoms with Gasteiger partial charge in [0.25, 0.3) is 0 Å². The smallest absolute Gasteiger partial charge is 0.0547 e. The molecule has 0 bridgehead atoms. The minimum atomic E-state index is 1.18. The summed E-state index contributed by atoms with van der Waals surface area (Å²) >= 11 is 0. The molecule has 0 atom stereocenters. The molecular weight excluding hydrogens is 581 g/mol. The standard InChI is InChI=1S/C46H30N2/c1-3-14-32(15-4-1)46-36-18-8-7-13-31(36)23-28-45(46)48-42-22-12-10-20-38(42)40-30-34(25-27-44(40)48)33-24-26-43-39(29-33)37-19-9-11-21-41(37)47(43)35-16-5-2-6-17-35/h1-30H. The van der Waals surface area contributed by atoms with Crippen LogP contribution in [0.15, 0.2) is 182 Å². The van der Waals surface area contributed by atoms with Crippen molar-refractivity contribution in [3.63, 3.8) is 0 Å². The summed E-state index contributed by atoms with van der Waals surface area (Å²) in [6.07, 6.45) is 0. The van der Waals surface area contributed by atoms with Crippen LogP contribution in [0.5, 0.6) is 0 Å². The third-order valence-corrected chi connectivity index (χ3v) is 9.90. The van der Waals surface area contributed by atoms with Crippen LogP contribution in [0.1, 0.15) is 0 Å². The molecule has 0 aliphatic rings. The monoisotopic (exact) mass is 610 g/mol. The van der Waals surface area contributed by atoms with Gasteiger partial charge in [-0.3, -0.25) is 0 Å². The van der Waals surface area contributed by atoms with Gasteiger partial charge in [0, 0.05) is 32.8 Å². The van der Waals surface area contributed by atoms with Crippen molar-refractivity contribution in [2.75, 3.05) is 0 Å². The molecule has 0 N–H and O–H groups in total. The lowest BCUT2D eigenvalue weighted by atomic mass is 9.96. The van der Waals surface area contributed by atoms with E-state index in [1.807, 2.05) is 0 Å². The van der Waals surface area contributed by atoms with Crippen LogP contribution in [0.4, 0.5) is 0 Å². The summed E-state index contributed by atoms with van der Waals surface area (Å²) < 4.78 is 4.83. The van der Waals surface area contributed by atoms with Gasteiger partial charge < -0.3 is 9.13 Å². The fraction of sp³-hybridized carbons (Fsp3) is 0. The zero-order chi connectivity index (χ0) is 31.6. The highest BCUT2D eigenvalue weighted by Crippen LogP contribution is 2.41. The summed E-state index contributed by atoms with van der Waals surface area (Å²) in [4.78, 5) is 0. The van der Waals surface area contributed by atoms with E-state index >= 15 is 0 Å². The van der Waals surface area contributed by atoms with Gasteiger partial charge in [-0.05, 0) is 82.1 Å². The van der Waals surface area contributed by atoms with Crippen LogP contribution in [0.2, 0.25) is 0 Å². The number of fused-ring (bicyclic) bond motifs is 7. The predicted molar refractivity (Wildman–Crippen MR) is 203 cm³/mol. The average Bonchev–Trinajstić information content (AvgIpc) is 3.67. The SMILES string of the molecule is c1ccc(-c2c(-n3c4ccccc4c4cc(-c5ccc6c(c5)c5ccccc5n6-c5ccccc5)ccc43)ccc3ccccc23)cc1. The van der Waals surface area contributed by atoms with Crippen molar-refractivity contribution in [3.8, 4) is 33.6 Å². The van der Waals surface area contributed by atoms with E-state index in [0.29, 0.717) is 0 Å². The first-order chi connectivity index (χ1) is 23.8. The number of aromatic nitrogens is 2. The Hall–Kier alpha value is -6.38. The molecular formula is C46H30N2. The Balaban J connectivity index is 1.21. The topological polar surface area (TPSA) is 9.86 Å². The fourth-order valence-corrected chi connectivity index (χ4v) is 7.77. The van der Waals surface area contributed by atoms with E-state index in [0.717, 1.165) is 0 Å². The Labute approximate surface area is 278 Å². The van der Waals surface area contributed by atoms with E-state index in [4.69, 9.17) is 0 Å². The third kappa shape index (κ3) is 4.00. The largest absolute Gasteiger partial charge is 0.309 e. The van der Waals surface area contributed by atoms with E-state index in [9.17, 15) is 0 Å². The molecule has 2 aromatic heterocycles. The lowest BCUT2D eigenvalue weighted by molar-refractivity contribution is 1.18. The van der Waals surface area contributed by atoms with E-state index in [1.54, 1.807) is 0 Å². The van der Waals surface area contributed by atoms with Gasteiger partial charge in [0.2, 0.25) is 0 Å². The second-order valence-electron chi connectivity index (χ2n) is 12.6.